The molecule has 0 saturated heterocycles. The van der Waals surface area contributed by atoms with Crippen molar-refractivity contribution in [3.63, 3.8) is 0 Å². The number of pyridine rings is 1. The average Bonchev–Trinajstić information content (AvgIpc) is 2.22. The molecule has 0 amide bonds. The van der Waals surface area contributed by atoms with Crippen molar-refractivity contribution in [3.05, 3.63) is 51.6 Å². The van der Waals surface area contributed by atoms with E-state index in [4.69, 9.17) is 34.8 Å². The normalized spacial score (nSPS) is 10.4. The largest absolute Gasteiger partial charge is 0.229 e. The quantitative estimate of drug-likeness (QED) is 0.706. The second-order valence-electron chi connectivity index (χ2n) is 2.98. The molecule has 1 heterocycles. The molecule has 0 N–H and O–H groups in total. The topological polar surface area (TPSA) is 12.9 Å². The number of nitrogens with zero attached hydrogens (tertiary/aromatic N) is 1. The smallest absolute Gasteiger partial charge is 0.130 e. The molecule has 0 aliphatic rings. The Morgan fingerprint density at radius 1 is 1.00 bits per heavy atom. The zero-order chi connectivity index (χ0) is 11.5. The van der Waals surface area contributed by atoms with Crippen molar-refractivity contribution in [2.45, 2.75) is 9.92 Å². The van der Waals surface area contributed by atoms with E-state index in [0.717, 1.165) is 9.92 Å². The minimum atomic E-state index is 0.468. The fraction of sp³-hybridized carbons (Fsp3) is 0. The van der Waals surface area contributed by atoms with Gasteiger partial charge in [-0.2, -0.15) is 0 Å². The Bertz CT molecular complexity index is 516. The van der Waals surface area contributed by atoms with Crippen molar-refractivity contribution in [2.75, 3.05) is 0 Å². The second-order valence-corrected chi connectivity index (χ2v) is 5.27. The van der Waals surface area contributed by atoms with Gasteiger partial charge in [0.1, 0.15) is 10.2 Å². The third-order valence-corrected chi connectivity index (χ3v) is 3.68. The fourth-order valence-corrected chi connectivity index (χ4v) is 2.66. The van der Waals surface area contributed by atoms with Crippen molar-refractivity contribution in [1.82, 2.24) is 4.98 Å². The highest BCUT2D eigenvalue weighted by Gasteiger charge is 2.04. The van der Waals surface area contributed by atoms with Crippen LogP contribution in [-0.4, -0.2) is 4.98 Å². The van der Waals surface area contributed by atoms with E-state index in [1.807, 2.05) is 18.2 Å². The standard InChI is InChI=1S/C11H6Cl3NS/c12-7-4-5-9(8(13)6-7)16-11-3-1-2-10(14)15-11/h1-6H. The van der Waals surface area contributed by atoms with E-state index in [1.54, 1.807) is 18.2 Å². The van der Waals surface area contributed by atoms with E-state index in [-0.39, 0.29) is 0 Å². The van der Waals surface area contributed by atoms with E-state index in [1.165, 1.54) is 11.8 Å². The molecule has 1 aromatic heterocycles. The molecule has 0 unspecified atom stereocenters. The first kappa shape index (κ1) is 12.1. The molecule has 1 aromatic carbocycles. The lowest BCUT2D eigenvalue weighted by molar-refractivity contribution is 1.13. The minimum Gasteiger partial charge on any atom is -0.229 e. The van der Waals surface area contributed by atoms with Crippen LogP contribution >= 0.6 is 46.6 Å². The van der Waals surface area contributed by atoms with Gasteiger partial charge < -0.3 is 0 Å². The van der Waals surface area contributed by atoms with Crippen LogP contribution in [0.25, 0.3) is 0 Å². The summed E-state index contributed by atoms with van der Waals surface area (Å²) in [4.78, 5) is 5.07. The van der Waals surface area contributed by atoms with E-state index < -0.39 is 0 Å². The van der Waals surface area contributed by atoms with Crippen molar-refractivity contribution in [2.24, 2.45) is 0 Å². The number of rotatable bonds is 2. The number of hydrogen-bond acceptors (Lipinski definition) is 2. The maximum absolute atomic E-state index is 6.05. The molecule has 0 saturated carbocycles. The number of aromatic nitrogens is 1. The molecule has 0 fully saturated rings. The third kappa shape index (κ3) is 3.05. The molecule has 0 radical (unpaired) electrons. The molecule has 2 rings (SSSR count). The molecule has 5 heteroatoms. The molecule has 0 spiro atoms. The SMILES string of the molecule is Clc1ccc(Sc2cccc(Cl)n2)c(Cl)c1. The highest BCUT2D eigenvalue weighted by Crippen LogP contribution is 2.34. The number of benzene rings is 1. The number of halogens is 3. The van der Waals surface area contributed by atoms with Gasteiger partial charge in [0.05, 0.1) is 5.02 Å². The van der Waals surface area contributed by atoms with Crippen LogP contribution in [-0.2, 0) is 0 Å². The van der Waals surface area contributed by atoms with Crippen LogP contribution in [0.4, 0.5) is 0 Å². The van der Waals surface area contributed by atoms with Crippen molar-refractivity contribution in [1.29, 1.82) is 0 Å². The minimum absolute atomic E-state index is 0.468. The van der Waals surface area contributed by atoms with Gasteiger partial charge in [0.2, 0.25) is 0 Å². The summed E-state index contributed by atoms with van der Waals surface area (Å²) in [5.41, 5.74) is 0. The Morgan fingerprint density at radius 3 is 2.50 bits per heavy atom. The van der Waals surface area contributed by atoms with Crippen molar-refractivity contribution in [3.8, 4) is 0 Å². The van der Waals surface area contributed by atoms with E-state index in [2.05, 4.69) is 4.98 Å². The maximum atomic E-state index is 6.05. The first-order valence-electron chi connectivity index (χ1n) is 4.40. The molecule has 0 atom stereocenters. The maximum Gasteiger partial charge on any atom is 0.130 e. The second kappa shape index (κ2) is 5.28. The van der Waals surface area contributed by atoms with Crippen molar-refractivity contribution >= 4 is 46.6 Å². The summed E-state index contributed by atoms with van der Waals surface area (Å²) in [6.45, 7) is 0. The summed E-state index contributed by atoms with van der Waals surface area (Å²) >= 11 is 19.1. The Kier molecular flexibility index (Phi) is 3.98. The fourth-order valence-electron chi connectivity index (χ4n) is 1.12. The Labute approximate surface area is 113 Å². The van der Waals surface area contributed by atoms with Crippen molar-refractivity contribution < 1.29 is 0 Å². The van der Waals surface area contributed by atoms with E-state index in [9.17, 15) is 0 Å². The van der Waals surface area contributed by atoms with Crippen LogP contribution in [0.15, 0.2) is 46.3 Å². The summed E-state index contributed by atoms with van der Waals surface area (Å²) < 4.78 is 0. The van der Waals surface area contributed by atoms with Gasteiger partial charge in [-0.1, -0.05) is 52.6 Å². The average molecular weight is 291 g/mol. The highest BCUT2D eigenvalue weighted by atomic mass is 35.5. The molecule has 1 nitrogen and oxygen atoms in total. The first-order chi connectivity index (χ1) is 7.65. The number of hydrogen-bond donors (Lipinski definition) is 0. The predicted octanol–water partition coefficient (Wildman–Crippen LogP) is 5.19. The summed E-state index contributed by atoms with van der Waals surface area (Å²) in [5.74, 6) is 0. The summed E-state index contributed by atoms with van der Waals surface area (Å²) in [7, 11) is 0. The van der Waals surface area contributed by atoms with Gasteiger partial charge in [-0.25, -0.2) is 4.98 Å². The Balaban J connectivity index is 2.27. The van der Waals surface area contributed by atoms with Crippen LogP contribution in [0.5, 0.6) is 0 Å². The molecule has 0 aliphatic carbocycles. The van der Waals surface area contributed by atoms with Gasteiger partial charge in [-0.15, -0.1) is 0 Å². The van der Waals surface area contributed by atoms with Gasteiger partial charge in [0.15, 0.2) is 0 Å². The van der Waals surface area contributed by atoms with Gasteiger partial charge in [-0.05, 0) is 30.3 Å². The lowest BCUT2D eigenvalue weighted by Crippen LogP contribution is -1.81. The van der Waals surface area contributed by atoms with E-state index >= 15 is 0 Å². The van der Waals surface area contributed by atoms with Crippen LogP contribution < -0.4 is 0 Å². The Hall–Kier alpha value is -0.410. The van der Waals surface area contributed by atoms with E-state index in [0.29, 0.717) is 15.2 Å². The molecule has 0 aliphatic heterocycles. The molecule has 16 heavy (non-hydrogen) atoms. The van der Waals surface area contributed by atoms with Gasteiger partial charge in [0.25, 0.3) is 0 Å². The summed E-state index contributed by atoms with van der Waals surface area (Å²) in [5, 5.41) is 2.50. The molecule has 0 bridgehead atoms. The lowest BCUT2D eigenvalue weighted by atomic mass is 10.4. The highest BCUT2D eigenvalue weighted by molar-refractivity contribution is 7.99. The molecule has 82 valence electrons. The zero-order valence-electron chi connectivity index (χ0n) is 7.95. The molecular formula is C11H6Cl3NS. The van der Waals surface area contributed by atoms with Crippen LogP contribution in [0.2, 0.25) is 15.2 Å². The van der Waals surface area contributed by atoms with Gasteiger partial charge in [0, 0.05) is 9.92 Å². The molecular weight excluding hydrogens is 285 g/mol. The summed E-state index contributed by atoms with van der Waals surface area (Å²) in [6, 6.07) is 10.8. The zero-order valence-corrected chi connectivity index (χ0v) is 11.0. The Morgan fingerprint density at radius 2 is 1.81 bits per heavy atom. The van der Waals surface area contributed by atoms with Crippen LogP contribution in [0, 0.1) is 0 Å². The predicted molar refractivity (Wildman–Crippen MR) is 69.8 cm³/mol. The lowest BCUT2D eigenvalue weighted by Gasteiger charge is -2.03. The first-order valence-corrected chi connectivity index (χ1v) is 6.35. The monoisotopic (exact) mass is 289 g/mol. The van der Waals surface area contributed by atoms with Gasteiger partial charge in [-0.3, -0.25) is 0 Å². The van der Waals surface area contributed by atoms with Gasteiger partial charge >= 0.3 is 0 Å². The van der Waals surface area contributed by atoms with Crippen LogP contribution in [0.3, 0.4) is 0 Å². The third-order valence-electron chi connectivity index (χ3n) is 1.80. The van der Waals surface area contributed by atoms with Crippen LogP contribution in [0.1, 0.15) is 0 Å². The summed E-state index contributed by atoms with van der Waals surface area (Å²) in [6.07, 6.45) is 0. The molecule has 2 aromatic rings.